The summed E-state index contributed by atoms with van der Waals surface area (Å²) in [6.45, 7) is 5.48. The Balaban J connectivity index is 1.95. The van der Waals surface area contributed by atoms with Crippen molar-refractivity contribution in [2.75, 3.05) is 19.0 Å². The van der Waals surface area contributed by atoms with Gasteiger partial charge in [-0.1, -0.05) is 17.3 Å². The molecule has 2 rings (SSSR count). The van der Waals surface area contributed by atoms with Crippen LogP contribution in [0, 0.1) is 0 Å². The van der Waals surface area contributed by atoms with Crippen molar-refractivity contribution >= 4 is 23.6 Å². The Morgan fingerprint density at radius 3 is 2.64 bits per heavy atom. The van der Waals surface area contributed by atoms with Gasteiger partial charge in [0.25, 0.3) is 5.91 Å². The molecule has 0 fully saturated rings. The molecule has 0 radical (unpaired) electrons. The minimum atomic E-state index is -0.818. The third kappa shape index (κ3) is 5.84. The monoisotopic (exact) mass is 384 g/mol. The summed E-state index contributed by atoms with van der Waals surface area (Å²) in [5.74, 6) is 0.781. The van der Waals surface area contributed by atoms with Gasteiger partial charge in [-0.25, -0.2) is 0 Å². The highest BCUT2D eigenvalue weighted by atomic mass is 16.6. The van der Waals surface area contributed by atoms with Gasteiger partial charge >= 0.3 is 0 Å². The molecular weight excluding hydrogens is 360 g/mol. The number of nitrogens with one attached hydrogen (secondary N) is 1. The number of ether oxygens (including phenoxy) is 2. The molecule has 0 saturated carbocycles. The van der Waals surface area contributed by atoms with Crippen LogP contribution in [0.2, 0.25) is 0 Å². The number of hydrogen-bond acceptors (Lipinski definition) is 6. The molecule has 28 heavy (non-hydrogen) atoms. The fraction of sp³-hybridized carbons (Fsp3) is 0.286. The molecule has 0 aromatic heterocycles. The lowest BCUT2D eigenvalue weighted by Gasteiger charge is -2.11. The van der Waals surface area contributed by atoms with E-state index in [9.17, 15) is 9.59 Å². The number of anilines is 1. The van der Waals surface area contributed by atoms with Gasteiger partial charge in [0.1, 0.15) is 0 Å². The average molecular weight is 384 g/mol. The van der Waals surface area contributed by atoms with E-state index in [4.69, 9.17) is 14.3 Å². The second-order valence-electron chi connectivity index (χ2n) is 5.95. The topological polar surface area (TPSA) is 86.2 Å². The van der Waals surface area contributed by atoms with Crippen LogP contribution in [0.25, 0.3) is 0 Å². The van der Waals surface area contributed by atoms with Gasteiger partial charge in [0.05, 0.1) is 19.9 Å². The number of benzene rings is 2. The van der Waals surface area contributed by atoms with E-state index in [1.54, 1.807) is 56.5 Å². The van der Waals surface area contributed by atoms with E-state index < -0.39 is 6.10 Å². The van der Waals surface area contributed by atoms with E-state index in [0.717, 1.165) is 5.56 Å². The quantitative estimate of drug-likeness (QED) is 0.405. The molecular formula is C21H24N2O5. The van der Waals surface area contributed by atoms with Crippen molar-refractivity contribution in [3.05, 3.63) is 53.6 Å². The van der Waals surface area contributed by atoms with E-state index in [0.29, 0.717) is 29.4 Å². The molecule has 0 heterocycles. The zero-order valence-corrected chi connectivity index (χ0v) is 16.4. The van der Waals surface area contributed by atoms with E-state index in [1.165, 1.54) is 13.1 Å². The largest absolute Gasteiger partial charge is 0.493 e. The first-order valence-corrected chi connectivity index (χ1v) is 8.86. The Kier molecular flexibility index (Phi) is 7.56. The molecule has 1 unspecified atom stereocenters. The van der Waals surface area contributed by atoms with Gasteiger partial charge in [-0.15, -0.1) is 0 Å². The molecule has 0 saturated heterocycles. The van der Waals surface area contributed by atoms with Crippen molar-refractivity contribution in [3.8, 4) is 11.5 Å². The second-order valence-corrected chi connectivity index (χ2v) is 5.95. The smallest absolute Gasteiger partial charge is 0.267 e. The molecule has 0 bridgehead atoms. The van der Waals surface area contributed by atoms with Gasteiger partial charge in [0.2, 0.25) is 6.10 Å². The van der Waals surface area contributed by atoms with Crippen molar-refractivity contribution < 1.29 is 23.9 Å². The Bertz CT molecular complexity index is 864. The lowest BCUT2D eigenvalue weighted by Crippen LogP contribution is -2.26. The van der Waals surface area contributed by atoms with Crippen molar-refractivity contribution in [3.63, 3.8) is 0 Å². The number of methoxy groups -OCH3 is 1. The molecule has 2 aromatic carbocycles. The predicted octanol–water partition coefficient (Wildman–Crippen LogP) is 3.67. The number of carbonyl (C=O) groups excluding carboxylic acids is 2. The number of Topliss-reactive ketones (excluding diaryl/α,β-unsaturated/α-hetero) is 1. The third-order valence-electron chi connectivity index (χ3n) is 3.81. The third-order valence-corrected chi connectivity index (χ3v) is 3.81. The molecule has 148 valence electrons. The zero-order valence-electron chi connectivity index (χ0n) is 16.4. The van der Waals surface area contributed by atoms with Gasteiger partial charge in [0.15, 0.2) is 17.3 Å². The van der Waals surface area contributed by atoms with Crippen LogP contribution < -0.4 is 14.8 Å². The van der Waals surface area contributed by atoms with Gasteiger partial charge in [-0.3, -0.25) is 9.59 Å². The van der Waals surface area contributed by atoms with Crippen LogP contribution in [0.4, 0.5) is 5.69 Å². The maximum absolute atomic E-state index is 12.2. The Morgan fingerprint density at radius 2 is 1.96 bits per heavy atom. The minimum absolute atomic E-state index is 0.0734. The SMILES string of the molecule is CCOc1ccc(/C=N/OC(C)C(=O)Nc2cccc(C(C)=O)c2)cc1OC. The molecule has 7 heteroatoms. The zero-order chi connectivity index (χ0) is 20.5. The maximum Gasteiger partial charge on any atom is 0.267 e. The molecule has 0 spiro atoms. The van der Waals surface area contributed by atoms with Crippen LogP contribution in [-0.4, -0.2) is 37.7 Å². The van der Waals surface area contributed by atoms with Crippen molar-refractivity contribution in [1.29, 1.82) is 0 Å². The van der Waals surface area contributed by atoms with Gasteiger partial charge in [-0.05, 0) is 51.1 Å². The van der Waals surface area contributed by atoms with Crippen LogP contribution >= 0.6 is 0 Å². The van der Waals surface area contributed by atoms with Crippen LogP contribution in [0.1, 0.15) is 36.7 Å². The Labute approximate surface area is 164 Å². The van der Waals surface area contributed by atoms with Crippen LogP contribution in [0.15, 0.2) is 47.6 Å². The van der Waals surface area contributed by atoms with Crippen molar-refractivity contribution in [1.82, 2.24) is 0 Å². The summed E-state index contributed by atoms with van der Waals surface area (Å²) in [5.41, 5.74) is 1.78. The minimum Gasteiger partial charge on any atom is -0.493 e. The molecule has 1 amide bonds. The highest BCUT2D eigenvalue weighted by Crippen LogP contribution is 2.27. The van der Waals surface area contributed by atoms with Crippen LogP contribution in [-0.2, 0) is 9.63 Å². The summed E-state index contributed by atoms with van der Waals surface area (Å²) in [6, 6.07) is 12.0. The Morgan fingerprint density at radius 1 is 1.18 bits per heavy atom. The normalized spacial score (nSPS) is 11.7. The van der Waals surface area contributed by atoms with E-state index in [-0.39, 0.29) is 11.7 Å². The number of rotatable bonds is 9. The number of carbonyl (C=O) groups is 2. The molecule has 0 aliphatic heterocycles. The molecule has 1 N–H and O–H groups in total. The number of hydrogen-bond donors (Lipinski definition) is 1. The lowest BCUT2D eigenvalue weighted by atomic mass is 10.1. The molecule has 0 aliphatic rings. The number of nitrogens with zero attached hydrogens (tertiary/aromatic N) is 1. The van der Waals surface area contributed by atoms with Gasteiger partial charge in [-0.2, -0.15) is 0 Å². The van der Waals surface area contributed by atoms with E-state index >= 15 is 0 Å². The number of ketones is 1. The standard InChI is InChI=1S/C21H24N2O5/c1-5-27-19-10-9-16(11-20(19)26-4)13-22-28-15(3)21(25)23-18-8-6-7-17(12-18)14(2)24/h6-13,15H,5H2,1-4H3,(H,23,25)/b22-13+. The first-order chi connectivity index (χ1) is 13.4. The molecule has 2 aromatic rings. The number of amides is 1. The maximum atomic E-state index is 12.2. The second kappa shape index (κ2) is 10.1. The first kappa shape index (κ1) is 21.0. The van der Waals surface area contributed by atoms with Crippen molar-refractivity contribution in [2.45, 2.75) is 26.9 Å². The number of oxime groups is 1. The molecule has 0 aliphatic carbocycles. The lowest BCUT2D eigenvalue weighted by molar-refractivity contribution is -0.126. The van der Waals surface area contributed by atoms with Crippen LogP contribution in [0.5, 0.6) is 11.5 Å². The highest BCUT2D eigenvalue weighted by Gasteiger charge is 2.14. The molecule has 7 nitrogen and oxygen atoms in total. The summed E-state index contributed by atoms with van der Waals surface area (Å²) in [6.07, 6.45) is 0.667. The summed E-state index contributed by atoms with van der Waals surface area (Å²) >= 11 is 0. The summed E-state index contributed by atoms with van der Waals surface area (Å²) in [7, 11) is 1.56. The fourth-order valence-corrected chi connectivity index (χ4v) is 2.33. The van der Waals surface area contributed by atoms with Crippen molar-refractivity contribution in [2.24, 2.45) is 5.16 Å². The van der Waals surface area contributed by atoms with E-state index in [2.05, 4.69) is 10.5 Å². The van der Waals surface area contributed by atoms with E-state index in [1.807, 2.05) is 6.92 Å². The summed E-state index contributed by atoms with van der Waals surface area (Å²) < 4.78 is 10.7. The van der Waals surface area contributed by atoms with Gasteiger partial charge in [0, 0.05) is 16.8 Å². The summed E-state index contributed by atoms with van der Waals surface area (Å²) in [4.78, 5) is 28.9. The first-order valence-electron chi connectivity index (χ1n) is 8.86. The highest BCUT2D eigenvalue weighted by molar-refractivity contribution is 5.98. The molecule has 1 atom stereocenters. The average Bonchev–Trinajstić information content (AvgIpc) is 2.69. The predicted molar refractivity (Wildman–Crippen MR) is 107 cm³/mol. The summed E-state index contributed by atoms with van der Waals surface area (Å²) in [5, 5.41) is 6.56. The Hall–Kier alpha value is -3.35. The van der Waals surface area contributed by atoms with Crippen LogP contribution in [0.3, 0.4) is 0 Å². The fourth-order valence-electron chi connectivity index (χ4n) is 2.33. The van der Waals surface area contributed by atoms with Gasteiger partial charge < -0.3 is 19.6 Å².